The maximum absolute atomic E-state index is 14.0. The van der Waals surface area contributed by atoms with Gasteiger partial charge in [-0.15, -0.1) is 0 Å². The SMILES string of the molecule is CCO[Si](CC(C)c1c(F)c(F)c(F)c(F)c1F)(OCC)OCC. The van der Waals surface area contributed by atoms with E-state index in [4.69, 9.17) is 13.3 Å². The van der Waals surface area contributed by atoms with Crippen molar-refractivity contribution in [2.24, 2.45) is 0 Å². The molecule has 0 fully saturated rings. The lowest BCUT2D eigenvalue weighted by Gasteiger charge is -2.31. The molecule has 0 saturated carbocycles. The Kier molecular flexibility index (Phi) is 7.78. The van der Waals surface area contributed by atoms with Crippen molar-refractivity contribution < 1.29 is 35.2 Å². The van der Waals surface area contributed by atoms with Gasteiger partial charge in [-0.25, -0.2) is 22.0 Å². The topological polar surface area (TPSA) is 27.7 Å². The number of hydrogen-bond acceptors (Lipinski definition) is 3. The maximum Gasteiger partial charge on any atom is 0.501 e. The zero-order valence-corrected chi connectivity index (χ0v) is 15.0. The molecule has 1 aromatic carbocycles. The quantitative estimate of drug-likeness (QED) is 0.276. The second-order valence-corrected chi connectivity index (χ2v) is 7.71. The van der Waals surface area contributed by atoms with Crippen LogP contribution >= 0.6 is 0 Å². The van der Waals surface area contributed by atoms with Gasteiger partial charge in [0.2, 0.25) is 5.82 Å². The molecule has 0 spiro atoms. The first-order chi connectivity index (χ1) is 11.2. The summed E-state index contributed by atoms with van der Waals surface area (Å²) in [6.07, 6.45) is 0. The van der Waals surface area contributed by atoms with E-state index in [-0.39, 0.29) is 25.9 Å². The molecule has 0 aliphatic rings. The standard InChI is InChI=1S/C15H21F5O3Si/c1-5-21-24(22-6-2,23-7-3)8-9(4)10-11(16)13(18)15(20)14(19)12(10)17/h9H,5-8H2,1-4H3. The Morgan fingerprint density at radius 1 is 0.708 bits per heavy atom. The zero-order chi connectivity index (χ0) is 18.5. The lowest BCUT2D eigenvalue weighted by atomic mass is 10.0. The molecule has 0 heterocycles. The number of hydrogen-bond donors (Lipinski definition) is 0. The van der Waals surface area contributed by atoms with Gasteiger partial charge in [0.05, 0.1) is 0 Å². The molecule has 1 rings (SSSR count). The molecule has 0 aliphatic heterocycles. The van der Waals surface area contributed by atoms with Crippen molar-refractivity contribution in [3.63, 3.8) is 0 Å². The van der Waals surface area contributed by atoms with Crippen LogP contribution in [0.15, 0.2) is 0 Å². The van der Waals surface area contributed by atoms with E-state index < -0.39 is 49.4 Å². The summed E-state index contributed by atoms with van der Waals surface area (Å²) in [6.45, 7) is 7.13. The summed E-state index contributed by atoms with van der Waals surface area (Å²) in [7, 11) is -3.31. The van der Waals surface area contributed by atoms with E-state index in [1.165, 1.54) is 6.92 Å². The third-order valence-electron chi connectivity index (χ3n) is 3.39. The predicted molar refractivity (Wildman–Crippen MR) is 80.1 cm³/mol. The lowest BCUT2D eigenvalue weighted by Crippen LogP contribution is -2.47. The minimum atomic E-state index is -3.31. The molecular formula is C15H21F5O3Si. The van der Waals surface area contributed by atoms with Crippen molar-refractivity contribution in [3.05, 3.63) is 34.6 Å². The van der Waals surface area contributed by atoms with Gasteiger partial charge in [-0.3, -0.25) is 0 Å². The smallest absolute Gasteiger partial charge is 0.374 e. The van der Waals surface area contributed by atoms with Crippen LogP contribution in [0.1, 0.15) is 39.2 Å². The third-order valence-corrected chi connectivity index (χ3v) is 6.68. The Morgan fingerprint density at radius 2 is 1.04 bits per heavy atom. The van der Waals surface area contributed by atoms with Crippen LogP contribution in [0.5, 0.6) is 0 Å². The minimum absolute atomic E-state index is 0.110. The summed E-state index contributed by atoms with van der Waals surface area (Å²) < 4.78 is 84.5. The fraction of sp³-hybridized carbons (Fsp3) is 0.600. The first-order valence-electron chi connectivity index (χ1n) is 7.67. The molecule has 0 radical (unpaired) electrons. The van der Waals surface area contributed by atoms with Crippen LogP contribution in [0.25, 0.3) is 0 Å². The Morgan fingerprint density at radius 3 is 1.38 bits per heavy atom. The largest absolute Gasteiger partial charge is 0.501 e. The minimum Gasteiger partial charge on any atom is -0.374 e. The first-order valence-corrected chi connectivity index (χ1v) is 9.60. The molecule has 1 atom stereocenters. The molecule has 0 aromatic heterocycles. The number of benzene rings is 1. The highest BCUT2D eigenvalue weighted by Gasteiger charge is 2.44. The molecule has 9 heteroatoms. The molecule has 0 aliphatic carbocycles. The number of halogens is 5. The molecule has 3 nitrogen and oxygen atoms in total. The van der Waals surface area contributed by atoms with E-state index >= 15 is 0 Å². The van der Waals surface area contributed by atoms with Gasteiger partial charge in [-0.1, -0.05) is 6.92 Å². The van der Waals surface area contributed by atoms with Gasteiger partial charge < -0.3 is 13.3 Å². The predicted octanol–water partition coefficient (Wildman–Crippen LogP) is 4.53. The van der Waals surface area contributed by atoms with E-state index in [0.29, 0.717) is 0 Å². The maximum atomic E-state index is 14.0. The van der Waals surface area contributed by atoms with Crippen LogP contribution in [-0.2, 0) is 13.3 Å². The van der Waals surface area contributed by atoms with Crippen LogP contribution in [0.3, 0.4) is 0 Å². The summed E-state index contributed by atoms with van der Waals surface area (Å²) in [5.41, 5.74) is -0.887. The van der Waals surface area contributed by atoms with E-state index in [1.54, 1.807) is 20.8 Å². The monoisotopic (exact) mass is 372 g/mol. The average molecular weight is 372 g/mol. The van der Waals surface area contributed by atoms with E-state index in [9.17, 15) is 22.0 Å². The van der Waals surface area contributed by atoms with Crippen LogP contribution in [0.2, 0.25) is 6.04 Å². The molecule has 1 unspecified atom stereocenters. The van der Waals surface area contributed by atoms with Crippen molar-refractivity contribution in [2.75, 3.05) is 19.8 Å². The molecule has 24 heavy (non-hydrogen) atoms. The normalized spacial score (nSPS) is 13.4. The molecule has 0 amide bonds. The zero-order valence-electron chi connectivity index (χ0n) is 14.0. The van der Waals surface area contributed by atoms with Crippen LogP contribution in [0.4, 0.5) is 22.0 Å². The van der Waals surface area contributed by atoms with Gasteiger partial charge in [0.25, 0.3) is 0 Å². The summed E-state index contributed by atoms with van der Waals surface area (Å²) in [4.78, 5) is 0. The molecule has 0 bridgehead atoms. The third kappa shape index (κ3) is 4.32. The Balaban J connectivity index is 3.27. The van der Waals surface area contributed by atoms with Gasteiger partial charge in [0, 0.05) is 31.4 Å². The van der Waals surface area contributed by atoms with Crippen molar-refractivity contribution in [3.8, 4) is 0 Å². The summed E-state index contributed by atoms with van der Waals surface area (Å²) in [5, 5.41) is 0. The van der Waals surface area contributed by atoms with Gasteiger partial charge in [0.1, 0.15) is 0 Å². The van der Waals surface area contributed by atoms with Crippen LogP contribution < -0.4 is 0 Å². The second kappa shape index (κ2) is 8.89. The molecule has 138 valence electrons. The van der Waals surface area contributed by atoms with Gasteiger partial charge in [-0.2, -0.15) is 0 Å². The Labute approximate surface area is 139 Å². The fourth-order valence-electron chi connectivity index (χ4n) is 2.49. The summed E-state index contributed by atoms with van der Waals surface area (Å²) in [6, 6.07) is -0.110. The number of rotatable bonds is 9. The van der Waals surface area contributed by atoms with Crippen molar-refractivity contribution in [2.45, 2.75) is 39.7 Å². The second-order valence-electron chi connectivity index (χ2n) is 5.07. The van der Waals surface area contributed by atoms with Crippen molar-refractivity contribution in [1.29, 1.82) is 0 Å². The molecule has 0 N–H and O–H groups in total. The Bertz CT molecular complexity index is 525. The summed E-state index contributed by atoms with van der Waals surface area (Å²) >= 11 is 0. The highest BCUT2D eigenvalue weighted by Crippen LogP contribution is 2.34. The van der Waals surface area contributed by atoms with E-state index in [2.05, 4.69) is 0 Å². The molecular weight excluding hydrogens is 351 g/mol. The fourth-order valence-corrected chi connectivity index (χ4v) is 5.37. The van der Waals surface area contributed by atoms with Gasteiger partial charge >= 0.3 is 8.80 Å². The lowest BCUT2D eigenvalue weighted by molar-refractivity contribution is 0.0697. The van der Waals surface area contributed by atoms with Crippen LogP contribution in [-0.4, -0.2) is 28.6 Å². The Hall–Kier alpha value is -1.03. The van der Waals surface area contributed by atoms with Gasteiger partial charge in [0.15, 0.2) is 23.3 Å². The van der Waals surface area contributed by atoms with Crippen molar-refractivity contribution >= 4 is 8.80 Å². The first kappa shape index (κ1) is 21.0. The van der Waals surface area contributed by atoms with Crippen molar-refractivity contribution in [1.82, 2.24) is 0 Å². The average Bonchev–Trinajstić information content (AvgIpc) is 2.52. The summed E-state index contributed by atoms with van der Waals surface area (Å²) in [5.74, 6) is -10.8. The highest BCUT2D eigenvalue weighted by atomic mass is 28.4. The molecule has 0 saturated heterocycles. The highest BCUT2D eigenvalue weighted by molar-refractivity contribution is 6.60. The van der Waals surface area contributed by atoms with Crippen LogP contribution in [0, 0.1) is 29.1 Å². The van der Waals surface area contributed by atoms with Gasteiger partial charge in [-0.05, 0) is 26.7 Å². The van der Waals surface area contributed by atoms with E-state index in [0.717, 1.165) is 0 Å². The van der Waals surface area contributed by atoms with E-state index in [1.807, 2.05) is 0 Å². The molecule has 1 aromatic rings.